The molecule has 0 radical (unpaired) electrons. The maximum absolute atomic E-state index is 13.3. The van der Waals surface area contributed by atoms with Crippen molar-refractivity contribution in [3.05, 3.63) is 89.0 Å². The number of aliphatic hydroxyl groups is 1. The third-order valence-electron chi connectivity index (χ3n) is 6.13. The van der Waals surface area contributed by atoms with Crippen molar-refractivity contribution in [2.45, 2.75) is 25.5 Å². The number of methoxy groups -OCH3 is 1. The lowest BCUT2D eigenvalue weighted by atomic mass is 9.94. The fourth-order valence-electron chi connectivity index (χ4n) is 4.59. The maximum Gasteiger partial charge on any atom is 0.300 e. The van der Waals surface area contributed by atoms with Crippen molar-refractivity contribution in [2.75, 3.05) is 12.0 Å². The molecule has 5 rings (SSSR count). The number of ketones is 1. The van der Waals surface area contributed by atoms with Gasteiger partial charge in [-0.25, -0.2) is 0 Å². The zero-order chi connectivity index (χ0) is 24.0. The normalized spacial score (nSPS) is 20.8. The van der Waals surface area contributed by atoms with Gasteiger partial charge in [-0.2, -0.15) is 0 Å². The molecule has 34 heavy (non-hydrogen) atoms. The van der Waals surface area contributed by atoms with E-state index in [9.17, 15) is 19.8 Å². The number of Topliss-reactive ketones (excluding diaryl/α,β-unsaturated/α-hetero) is 1. The van der Waals surface area contributed by atoms with Crippen LogP contribution < -0.4 is 14.4 Å². The summed E-state index contributed by atoms with van der Waals surface area (Å²) < 4.78 is 11.0. The molecule has 7 nitrogen and oxygen atoms in total. The second kappa shape index (κ2) is 8.26. The number of fused-ring (bicyclic) bond motifs is 1. The number of hydrogen-bond acceptors (Lipinski definition) is 6. The second-order valence-corrected chi connectivity index (χ2v) is 8.42. The molecule has 2 atom stereocenters. The minimum Gasteiger partial charge on any atom is -0.508 e. The lowest BCUT2D eigenvalue weighted by Crippen LogP contribution is -2.29. The molecule has 0 aromatic heterocycles. The number of aliphatic hydroxyl groups excluding tert-OH is 1. The van der Waals surface area contributed by atoms with E-state index < -0.39 is 17.7 Å². The lowest BCUT2D eigenvalue weighted by Gasteiger charge is -2.25. The Balaban J connectivity index is 1.70. The average molecular weight is 457 g/mol. The van der Waals surface area contributed by atoms with Gasteiger partial charge in [-0.3, -0.25) is 14.5 Å². The van der Waals surface area contributed by atoms with Crippen LogP contribution in [0.2, 0.25) is 0 Å². The van der Waals surface area contributed by atoms with Gasteiger partial charge >= 0.3 is 0 Å². The lowest BCUT2D eigenvalue weighted by molar-refractivity contribution is -0.132. The van der Waals surface area contributed by atoms with Gasteiger partial charge in [0, 0.05) is 23.7 Å². The van der Waals surface area contributed by atoms with E-state index in [1.54, 1.807) is 54.6 Å². The number of nitrogens with zero attached hydrogens (tertiary/aromatic N) is 1. The number of anilines is 1. The van der Waals surface area contributed by atoms with Crippen LogP contribution in [0.15, 0.2) is 72.3 Å². The van der Waals surface area contributed by atoms with Crippen LogP contribution in [-0.2, 0) is 16.0 Å². The molecular weight excluding hydrogens is 434 g/mol. The minimum atomic E-state index is -0.942. The van der Waals surface area contributed by atoms with E-state index in [1.165, 1.54) is 24.1 Å². The molecule has 2 N–H and O–H groups in total. The molecule has 2 aliphatic heterocycles. The van der Waals surface area contributed by atoms with Crippen LogP contribution in [0.4, 0.5) is 5.69 Å². The largest absolute Gasteiger partial charge is 0.508 e. The number of hydrogen-bond donors (Lipinski definition) is 2. The highest BCUT2D eigenvalue weighted by Gasteiger charge is 2.47. The smallest absolute Gasteiger partial charge is 0.300 e. The van der Waals surface area contributed by atoms with Gasteiger partial charge in [0.05, 0.1) is 18.7 Å². The Labute approximate surface area is 196 Å². The van der Waals surface area contributed by atoms with E-state index in [0.717, 1.165) is 11.3 Å². The van der Waals surface area contributed by atoms with Gasteiger partial charge in [-0.1, -0.05) is 18.2 Å². The summed E-state index contributed by atoms with van der Waals surface area (Å²) in [5, 5.41) is 21.4. The molecule has 3 aromatic rings. The topological polar surface area (TPSA) is 96.3 Å². The number of amides is 1. The van der Waals surface area contributed by atoms with Crippen molar-refractivity contribution in [3.63, 3.8) is 0 Å². The van der Waals surface area contributed by atoms with Crippen molar-refractivity contribution >= 4 is 23.1 Å². The number of carbonyl (C=O) groups excluding carboxylic acids is 2. The van der Waals surface area contributed by atoms with Crippen LogP contribution in [-0.4, -0.2) is 35.1 Å². The Kier molecular flexibility index (Phi) is 5.24. The SMILES string of the molecule is COc1cccc(N2C(=O)C(=O)/C(=C(\O)c3ccc4c(c3)CC(C)O4)C2c2cccc(O)c2)c1. The summed E-state index contributed by atoms with van der Waals surface area (Å²) >= 11 is 0. The Bertz CT molecular complexity index is 1340. The summed E-state index contributed by atoms with van der Waals surface area (Å²) in [6, 6.07) is 17.4. The molecule has 0 aliphatic carbocycles. The number of carbonyl (C=O) groups is 2. The summed E-state index contributed by atoms with van der Waals surface area (Å²) in [4.78, 5) is 27.9. The molecular formula is C27H23NO6. The zero-order valence-corrected chi connectivity index (χ0v) is 18.7. The third-order valence-corrected chi connectivity index (χ3v) is 6.13. The van der Waals surface area contributed by atoms with Crippen LogP contribution in [0.25, 0.3) is 5.76 Å². The minimum absolute atomic E-state index is 0.0163. The van der Waals surface area contributed by atoms with Crippen molar-refractivity contribution in [3.8, 4) is 17.2 Å². The molecule has 0 spiro atoms. The Morgan fingerprint density at radius 2 is 1.85 bits per heavy atom. The number of benzene rings is 3. The summed E-state index contributed by atoms with van der Waals surface area (Å²) in [6.07, 6.45) is 0.711. The molecule has 1 saturated heterocycles. The molecule has 2 aliphatic rings. The van der Waals surface area contributed by atoms with Crippen LogP contribution in [0.1, 0.15) is 29.7 Å². The van der Waals surface area contributed by atoms with Crippen LogP contribution in [0.5, 0.6) is 17.2 Å². The highest BCUT2D eigenvalue weighted by Crippen LogP contribution is 2.44. The first-order valence-corrected chi connectivity index (χ1v) is 10.9. The summed E-state index contributed by atoms with van der Waals surface area (Å²) in [7, 11) is 1.51. The van der Waals surface area contributed by atoms with Gasteiger partial charge in [-0.15, -0.1) is 0 Å². The number of phenols is 1. The molecule has 1 amide bonds. The number of aromatic hydroxyl groups is 1. The second-order valence-electron chi connectivity index (χ2n) is 8.42. The monoisotopic (exact) mass is 457 g/mol. The van der Waals surface area contributed by atoms with Crippen LogP contribution in [0, 0.1) is 0 Å². The number of phenolic OH excluding ortho intramolecular Hbond substituents is 1. The van der Waals surface area contributed by atoms with E-state index >= 15 is 0 Å². The first-order valence-electron chi connectivity index (χ1n) is 10.9. The van der Waals surface area contributed by atoms with Gasteiger partial charge in [0.25, 0.3) is 11.7 Å². The Morgan fingerprint density at radius 1 is 1.06 bits per heavy atom. The molecule has 0 bridgehead atoms. The standard InChI is InChI=1S/C27H23NO6/c1-15-11-18-12-17(9-10-22(18)34-15)25(30)23-24(16-5-3-7-20(29)13-16)28(27(32)26(23)31)19-6-4-8-21(14-19)33-2/h3-10,12-15,24,29-30H,11H2,1-2H3/b25-23-. The first-order chi connectivity index (χ1) is 16.4. The van der Waals surface area contributed by atoms with Gasteiger partial charge in [-0.05, 0) is 60.5 Å². The summed E-state index contributed by atoms with van der Waals surface area (Å²) in [6.45, 7) is 1.96. The molecule has 2 heterocycles. The molecule has 2 unspecified atom stereocenters. The van der Waals surface area contributed by atoms with Crippen molar-refractivity contribution in [1.29, 1.82) is 0 Å². The highest BCUT2D eigenvalue weighted by molar-refractivity contribution is 6.51. The zero-order valence-electron chi connectivity index (χ0n) is 18.7. The number of ether oxygens (including phenoxy) is 2. The fourth-order valence-corrected chi connectivity index (χ4v) is 4.59. The maximum atomic E-state index is 13.3. The molecule has 172 valence electrons. The molecule has 0 saturated carbocycles. The van der Waals surface area contributed by atoms with E-state index in [0.29, 0.717) is 29.0 Å². The fraction of sp³-hybridized carbons (Fsp3) is 0.185. The molecule has 1 fully saturated rings. The Hall–Kier alpha value is -4.26. The quantitative estimate of drug-likeness (QED) is 0.344. The van der Waals surface area contributed by atoms with Crippen molar-refractivity contribution in [1.82, 2.24) is 0 Å². The van der Waals surface area contributed by atoms with Crippen LogP contribution >= 0.6 is 0 Å². The van der Waals surface area contributed by atoms with E-state index in [1.807, 2.05) is 6.92 Å². The first kappa shape index (κ1) is 21.6. The third kappa shape index (κ3) is 3.55. The summed E-state index contributed by atoms with van der Waals surface area (Å²) in [5.74, 6) is -0.621. The van der Waals surface area contributed by atoms with Gasteiger partial charge in [0.1, 0.15) is 29.1 Å². The predicted octanol–water partition coefficient (Wildman–Crippen LogP) is 4.35. The van der Waals surface area contributed by atoms with E-state index in [2.05, 4.69) is 0 Å². The van der Waals surface area contributed by atoms with Gasteiger partial charge in [0.15, 0.2) is 0 Å². The van der Waals surface area contributed by atoms with E-state index in [4.69, 9.17) is 9.47 Å². The molecule has 7 heteroatoms. The highest BCUT2D eigenvalue weighted by atomic mass is 16.5. The summed E-state index contributed by atoms with van der Waals surface area (Å²) in [5.41, 5.74) is 2.22. The Morgan fingerprint density at radius 3 is 2.62 bits per heavy atom. The van der Waals surface area contributed by atoms with Crippen molar-refractivity contribution < 1.29 is 29.3 Å². The van der Waals surface area contributed by atoms with Gasteiger partial charge in [0.2, 0.25) is 0 Å². The van der Waals surface area contributed by atoms with E-state index in [-0.39, 0.29) is 23.2 Å². The van der Waals surface area contributed by atoms with Crippen molar-refractivity contribution in [2.24, 2.45) is 0 Å². The average Bonchev–Trinajstić information content (AvgIpc) is 3.34. The predicted molar refractivity (Wildman–Crippen MR) is 126 cm³/mol. The molecule has 3 aromatic carbocycles. The number of rotatable bonds is 4. The van der Waals surface area contributed by atoms with Gasteiger partial charge < -0.3 is 19.7 Å². The van der Waals surface area contributed by atoms with Crippen LogP contribution in [0.3, 0.4) is 0 Å².